The predicted molar refractivity (Wildman–Crippen MR) is 55.5 cm³/mol. The highest BCUT2D eigenvalue weighted by molar-refractivity contribution is 7.82. The van der Waals surface area contributed by atoms with Crippen molar-refractivity contribution < 1.29 is 27.7 Å². The van der Waals surface area contributed by atoms with Gasteiger partial charge in [-0.05, 0) is 6.42 Å². The molecule has 7 heteroatoms. The summed E-state index contributed by atoms with van der Waals surface area (Å²) < 4.78 is 29.7. The van der Waals surface area contributed by atoms with Gasteiger partial charge in [-0.1, -0.05) is 32.6 Å². The molecule has 0 aliphatic carbocycles. The van der Waals surface area contributed by atoms with Crippen molar-refractivity contribution in [2.75, 3.05) is 0 Å². The maximum absolute atomic E-state index is 10.4. The zero-order valence-corrected chi connectivity index (χ0v) is 9.68. The largest absolute Gasteiger partial charge is 0.412 e. The van der Waals surface area contributed by atoms with Gasteiger partial charge in [0.15, 0.2) is 6.29 Å². The molecule has 0 radical (unpaired) electrons. The molecule has 0 saturated carbocycles. The summed E-state index contributed by atoms with van der Waals surface area (Å²) >= 11 is 0. The molecular formula is C8H20O6S. The summed E-state index contributed by atoms with van der Waals surface area (Å²) in [6, 6.07) is 0. The minimum Gasteiger partial charge on any atom is -0.412 e. The third-order valence-electron chi connectivity index (χ3n) is 1.99. The molecule has 0 atom stereocenters. The van der Waals surface area contributed by atoms with Crippen LogP contribution in [0.2, 0.25) is 0 Å². The SMILES string of the molecule is CCCCCCCC1OS(=O)(=O)O1.O.O. The molecule has 6 nitrogen and oxygen atoms in total. The predicted octanol–water partition coefficient (Wildman–Crippen LogP) is 0.315. The van der Waals surface area contributed by atoms with Crippen LogP contribution in [0.4, 0.5) is 0 Å². The van der Waals surface area contributed by atoms with E-state index in [9.17, 15) is 8.42 Å². The summed E-state index contributed by atoms with van der Waals surface area (Å²) in [5.74, 6) is 0. The van der Waals surface area contributed by atoms with E-state index in [-0.39, 0.29) is 11.0 Å². The van der Waals surface area contributed by atoms with E-state index in [1.807, 2.05) is 0 Å². The first-order valence-electron chi connectivity index (χ1n) is 4.75. The fourth-order valence-electron chi connectivity index (χ4n) is 1.28. The van der Waals surface area contributed by atoms with E-state index >= 15 is 0 Å². The van der Waals surface area contributed by atoms with Crippen molar-refractivity contribution in [1.82, 2.24) is 0 Å². The van der Waals surface area contributed by atoms with Gasteiger partial charge in [0.2, 0.25) is 0 Å². The molecular weight excluding hydrogens is 224 g/mol. The van der Waals surface area contributed by atoms with Crippen LogP contribution >= 0.6 is 0 Å². The number of unbranched alkanes of at least 4 members (excludes halogenated alkanes) is 4. The van der Waals surface area contributed by atoms with E-state index in [2.05, 4.69) is 15.3 Å². The average molecular weight is 244 g/mol. The molecule has 94 valence electrons. The van der Waals surface area contributed by atoms with Crippen LogP contribution in [0.3, 0.4) is 0 Å². The summed E-state index contributed by atoms with van der Waals surface area (Å²) in [6.45, 7) is 2.16. The molecule has 1 heterocycles. The smallest absolute Gasteiger partial charge is 0.404 e. The molecule has 4 N–H and O–H groups in total. The van der Waals surface area contributed by atoms with Crippen LogP contribution in [-0.2, 0) is 18.8 Å². The first kappa shape index (κ1) is 17.2. The number of rotatable bonds is 6. The molecule has 0 aromatic heterocycles. The Labute approximate surface area is 90.5 Å². The topological polar surface area (TPSA) is 116 Å². The van der Waals surface area contributed by atoms with Gasteiger partial charge in [0.1, 0.15) is 0 Å². The van der Waals surface area contributed by atoms with Crippen molar-refractivity contribution in [2.45, 2.75) is 51.7 Å². The van der Waals surface area contributed by atoms with Gasteiger partial charge >= 0.3 is 10.4 Å². The van der Waals surface area contributed by atoms with Crippen LogP contribution in [0.15, 0.2) is 0 Å². The second-order valence-corrected chi connectivity index (χ2v) is 4.43. The molecule has 1 rings (SSSR count). The van der Waals surface area contributed by atoms with E-state index in [0.29, 0.717) is 6.42 Å². The van der Waals surface area contributed by atoms with Crippen molar-refractivity contribution in [3.8, 4) is 0 Å². The standard InChI is InChI=1S/C8H16O4S.2H2O/c1-2-3-4-5-6-7-8-11-13(9,10)12-8;;/h8H,2-7H2,1H3;2*1H2. The Bertz CT molecular complexity index is 226. The van der Waals surface area contributed by atoms with E-state index in [0.717, 1.165) is 12.8 Å². The lowest BCUT2D eigenvalue weighted by Crippen LogP contribution is -2.35. The molecule has 1 aliphatic heterocycles. The Morgan fingerprint density at radius 3 is 2.00 bits per heavy atom. The lowest BCUT2D eigenvalue weighted by molar-refractivity contribution is -0.0842. The molecule has 0 amide bonds. The third-order valence-corrected chi connectivity index (χ3v) is 2.89. The molecule has 0 aromatic rings. The normalized spacial score (nSPS) is 18.5. The number of hydrogen-bond donors (Lipinski definition) is 0. The molecule has 0 aromatic carbocycles. The highest BCUT2D eigenvalue weighted by Crippen LogP contribution is 2.23. The lowest BCUT2D eigenvalue weighted by Gasteiger charge is -2.24. The zero-order valence-electron chi connectivity index (χ0n) is 8.86. The van der Waals surface area contributed by atoms with Crippen molar-refractivity contribution >= 4 is 10.4 Å². The Hall–Kier alpha value is -0.210. The molecule has 1 saturated heterocycles. The second-order valence-electron chi connectivity index (χ2n) is 3.23. The van der Waals surface area contributed by atoms with Crippen molar-refractivity contribution in [3.05, 3.63) is 0 Å². The van der Waals surface area contributed by atoms with Gasteiger partial charge < -0.3 is 11.0 Å². The van der Waals surface area contributed by atoms with Crippen LogP contribution in [0.5, 0.6) is 0 Å². The van der Waals surface area contributed by atoms with Crippen LogP contribution in [0.1, 0.15) is 45.4 Å². The monoisotopic (exact) mass is 244 g/mol. The quantitative estimate of drug-likeness (QED) is 0.625. The van der Waals surface area contributed by atoms with Gasteiger partial charge in [0.05, 0.1) is 0 Å². The Balaban J connectivity index is 0. The summed E-state index contributed by atoms with van der Waals surface area (Å²) in [4.78, 5) is 0. The van der Waals surface area contributed by atoms with Gasteiger partial charge in [-0.15, -0.1) is 0 Å². The van der Waals surface area contributed by atoms with Gasteiger partial charge in [-0.25, -0.2) is 8.37 Å². The molecule has 15 heavy (non-hydrogen) atoms. The summed E-state index contributed by atoms with van der Waals surface area (Å²) in [7, 11) is -3.58. The molecule has 1 fully saturated rings. The molecule has 1 aliphatic rings. The lowest BCUT2D eigenvalue weighted by atomic mass is 10.1. The van der Waals surface area contributed by atoms with Gasteiger partial charge in [0.25, 0.3) is 0 Å². The van der Waals surface area contributed by atoms with Crippen molar-refractivity contribution in [3.63, 3.8) is 0 Å². The Morgan fingerprint density at radius 2 is 1.53 bits per heavy atom. The average Bonchev–Trinajstić information content (AvgIpc) is 2.00. The highest BCUT2D eigenvalue weighted by atomic mass is 32.3. The summed E-state index contributed by atoms with van der Waals surface area (Å²) in [5.41, 5.74) is 0. The van der Waals surface area contributed by atoms with Crippen LogP contribution < -0.4 is 0 Å². The number of hydrogen-bond acceptors (Lipinski definition) is 4. The Kier molecular flexibility index (Phi) is 9.17. The van der Waals surface area contributed by atoms with Crippen LogP contribution in [-0.4, -0.2) is 25.7 Å². The van der Waals surface area contributed by atoms with Gasteiger partial charge in [-0.2, -0.15) is 8.42 Å². The van der Waals surface area contributed by atoms with Crippen LogP contribution in [0, 0.1) is 0 Å². The molecule has 0 bridgehead atoms. The highest BCUT2D eigenvalue weighted by Gasteiger charge is 2.35. The zero-order chi connectivity index (χ0) is 9.73. The van der Waals surface area contributed by atoms with Crippen LogP contribution in [0.25, 0.3) is 0 Å². The first-order chi connectivity index (χ1) is 6.14. The van der Waals surface area contributed by atoms with E-state index in [1.165, 1.54) is 19.3 Å². The Morgan fingerprint density at radius 1 is 1.00 bits per heavy atom. The van der Waals surface area contributed by atoms with Gasteiger partial charge in [0, 0.05) is 6.42 Å². The van der Waals surface area contributed by atoms with Gasteiger partial charge in [-0.3, -0.25) is 0 Å². The molecule has 0 spiro atoms. The minimum atomic E-state index is -3.58. The molecule has 0 unspecified atom stereocenters. The van der Waals surface area contributed by atoms with E-state index in [4.69, 9.17) is 0 Å². The maximum Gasteiger partial charge on any atom is 0.404 e. The summed E-state index contributed by atoms with van der Waals surface area (Å²) in [6.07, 6.45) is 5.93. The third kappa shape index (κ3) is 6.80. The second kappa shape index (κ2) is 8.00. The maximum atomic E-state index is 10.4. The fourth-order valence-corrected chi connectivity index (χ4v) is 2.01. The van der Waals surface area contributed by atoms with Crippen molar-refractivity contribution in [2.24, 2.45) is 0 Å². The first-order valence-corrected chi connectivity index (χ1v) is 6.09. The minimum absolute atomic E-state index is 0. The summed E-state index contributed by atoms with van der Waals surface area (Å²) in [5, 5.41) is 0. The van der Waals surface area contributed by atoms with Crippen molar-refractivity contribution in [1.29, 1.82) is 0 Å². The fraction of sp³-hybridized carbons (Fsp3) is 1.00. The van der Waals surface area contributed by atoms with E-state index in [1.54, 1.807) is 0 Å². The van der Waals surface area contributed by atoms with E-state index < -0.39 is 16.7 Å².